The second kappa shape index (κ2) is 5.28. The fourth-order valence-corrected chi connectivity index (χ4v) is 3.00. The molecule has 5 heteroatoms. The highest BCUT2D eigenvalue weighted by molar-refractivity contribution is 6.11. The van der Waals surface area contributed by atoms with Crippen LogP contribution in [0.3, 0.4) is 0 Å². The fourth-order valence-electron chi connectivity index (χ4n) is 3.00. The van der Waals surface area contributed by atoms with E-state index >= 15 is 0 Å². The van der Waals surface area contributed by atoms with Crippen LogP contribution in [0, 0.1) is 6.92 Å². The first-order chi connectivity index (χ1) is 11.2. The van der Waals surface area contributed by atoms with E-state index in [4.69, 9.17) is 0 Å². The molecule has 114 valence electrons. The van der Waals surface area contributed by atoms with E-state index in [1.54, 1.807) is 0 Å². The van der Waals surface area contributed by atoms with Gasteiger partial charge in [0.25, 0.3) is 5.91 Å². The summed E-state index contributed by atoms with van der Waals surface area (Å²) >= 11 is 0. The van der Waals surface area contributed by atoms with Crippen molar-refractivity contribution in [2.75, 3.05) is 0 Å². The molecule has 3 aromatic rings. The molecule has 1 aliphatic rings. The Balaban J connectivity index is 1.73. The number of hydrogen-bond acceptors (Lipinski definition) is 3. The summed E-state index contributed by atoms with van der Waals surface area (Å²) in [6.45, 7) is 1.97. The van der Waals surface area contributed by atoms with E-state index in [2.05, 4.69) is 20.8 Å². The van der Waals surface area contributed by atoms with Crippen molar-refractivity contribution < 1.29 is 4.79 Å². The Hall–Kier alpha value is -3.08. The molecule has 23 heavy (non-hydrogen) atoms. The number of carbonyl (C=O) groups excluding carboxylic acids is 1. The molecule has 1 aliphatic heterocycles. The lowest BCUT2D eigenvalue weighted by Gasteiger charge is -2.23. The van der Waals surface area contributed by atoms with Crippen LogP contribution in [0.5, 0.6) is 0 Å². The van der Waals surface area contributed by atoms with Crippen molar-refractivity contribution in [3.05, 3.63) is 71.4 Å². The number of nitrogens with one attached hydrogen (secondary N) is 3. The van der Waals surface area contributed by atoms with E-state index in [0.29, 0.717) is 5.84 Å². The van der Waals surface area contributed by atoms with E-state index in [-0.39, 0.29) is 5.91 Å². The van der Waals surface area contributed by atoms with Crippen molar-refractivity contribution in [2.45, 2.75) is 13.0 Å². The molecular weight excluding hydrogens is 288 g/mol. The SMILES string of the molecule is Cc1[nH]c2ccccc2c1C1NN=C(c2ccccc2)NC1=O. The van der Waals surface area contributed by atoms with Crippen LogP contribution >= 0.6 is 0 Å². The first-order valence-corrected chi connectivity index (χ1v) is 7.51. The van der Waals surface area contributed by atoms with Crippen molar-refractivity contribution in [1.82, 2.24) is 15.7 Å². The zero-order chi connectivity index (χ0) is 15.8. The number of hydrogen-bond donors (Lipinski definition) is 3. The monoisotopic (exact) mass is 304 g/mol. The molecule has 0 spiro atoms. The number of rotatable bonds is 2. The summed E-state index contributed by atoms with van der Waals surface area (Å²) < 4.78 is 0. The molecular formula is C18H16N4O. The van der Waals surface area contributed by atoms with Gasteiger partial charge in [0.15, 0.2) is 11.9 Å². The highest BCUT2D eigenvalue weighted by atomic mass is 16.2. The number of aromatic nitrogens is 1. The standard InChI is InChI=1S/C18H16N4O/c1-11-15(13-9-5-6-10-14(13)19-11)16-18(23)20-17(22-21-16)12-7-3-2-4-8-12/h2-10,16,19,21H,1H3,(H,20,22,23). The Morgan fingerprint density at radius 3 is 2.52 bits per heavy atom. The molecule has 4 rings (SSSR count). The minimum Gasteiger partial charge on any atom is -0.358 e. The molecule has 0 bridgehead atoms. The third-order valence-electron chi connectivity index (χ3n) is 4.09. The van der Waals surface area contributed by atoms with Crippen LogP contribution in [0.4, 0.5) is 0 Å². The molecule has 0 fully saturated rings. The predicted molar refractivity (Wildman–Crippen MR) is 90.0 cm³/mol. The van der Waals surface area contributed by atoms with Gasteiger partial charge in [0.05, 0.1) is 0 Å². The molecule has 0 radical (unpaired) electrons. The van der Waals surface area contributed by atoms with Gasteiger partial charge in [-0.25, -0.2) is 0 Å². The minimum atomic E-state index is -0.501. The number of hydrazone groups is 1. The highest BCUT2D eigenvalue weighted by Crippen LogP contribution is 2.29. The number of nitrogens with zero attached hydrogens (tertiary/aromatic N) is 1. The molecule has 2 heterocycles. The van der Waals surface area contributed by atoms with Gasteiger partial charge in [0.2, 0.25) is 0 Å². The van der Waals surface area contributed by atoms with Crippen LogP contribution in [0.25, 0.3) is 10.9 Å². The Labute approximate surface area is 133 Å². The quantitative estimate of drug-likeness (QED) is 0.681. The van der Waals surface area contributed by atoms with Crippen LogP contribution in [0.2, 0.25) is 0 Å². The molecule has 3 N–H and O–H groups in total. The highest BCUT2D eigenvalue weighted by Gasteiger charge is 2.29. The van der Waals surface area contributed by atoms with Gasteiger partial charge in [-0.3, -0.25) is 10.2 Å². The van der Waals surface area contributed by atoms with E-state index in [1.807, 2.05) is 61.5 Å². The summed E-state index contributed by atoms with van der Waals surface area (Å²) in [6.07, 6.45) is 0. The number of aromatic amines is 1. The summed E-state index contributed by atoms with van der Waals surface area (Å²) in [5, 5.41) is 8.29. The zero-order valence-corrected chi connectivity index (χ0v) is 12.6. The predicted octanol–water partition coefficient (Wildman–Crippen LogP) is 2.60. The molecule has 0 saturated carbocycles. The number of H-pyrrole nitrogens is 1. The first kappa shape index (κ1) is 13.6. The molecule has 5 nitrogen and oxygen atoms in total. The molecule has 1 atom stereocenters. The largest absolute Gasteiger partial charge is 0.358 e. The lowest BCUT2D eigenvalue weighted by atomic mass is 10.0. The third-order valence-corrected chi connectivity index (χ3v) is 4.09. The topological polar surface area (TPSA) is 69.3 Å². The number of aryl methyl sites for hydroxylation is 1. The Bertz CT molecular complexity index is 911. The van der Waals surface area contributed by atoms with Crippen LogP contribution in [0.15, 0.2) is 59.7 Å². The second-order valence-electron chi connectivity index (χ2n) is 5.59. The molecule has 1 amide bonds. The number of fused-ring (bicyclic) bond motifs is 1. The van der Waals surface area contributed by atoms with Gasteiger partial charge in [-0.2, -0.15) is 5.10 Å². The van der Waals surface area contributed by atoms with Gasteiger partial charge in [0, 0.05) is 27.7 Å². The van der Waals surface area contributed by atoms with Crippen molar-refractivity contribution in [1.29, 1.82) is 0 Å². The van der Waals surface area contributed by atoms with Gasteiger partial charge >= 0.3 is 0 Å². The first-order valence-electron chi connectivity index (χ1n) is 7.51. The smallest absolute Gasteiger partial charge is 0.254 e. The van der Waals surface area contributed by atoms with Gasteiger partial charge < -0.3 is 10.3 Å². The number of benzene rings is 2. The molecule has 1 unspecified atom stereocenters. The van der Waals surface area contributed by atoms with E-state index in [1.165, 1.54) is 0 Å². The normalized spacial score (nSPS) is 17.5. The minimum absolute atomic E-state index is 0.105. The maximum absolute atomic E-state index is 12.6. The van der Waals surface area contributed by atoms with Crippen molar-refractivity contribution in [3.63, 3.8) is 0 Å². The lowest BCUT2D eigenvalue weighted by Crippen LogP contribution is -2.45. The summed E-state index contributed by atoms with van der Waals surface area (Å²) in [6, 6.07) is 17.1. The summed E-state index contributed by atoms with van der Waals surface area (Å²) in [4.78, 5) is 15.9. The van der Waals surface area contributed by atoms with Gasteiger partial charge in [-0.05, 0) is 13.0 Å². The number of amidine groups is 1. The number of para-hydroxylation sites is 1. The van der Waals surface area contributed by atoms with Crippen LogP contribution in [0.1, 0.15) is 22.9 Å². The van der Waals surface area contributed by atoms with E-state index in [0.717, 1.165) is 27.7 Å². The number of amides is 1. The third kappa shape index (κ3) is 2.26. The summed E-state index contributed by atoms with van der Waals surface area (Å²) in [7, 11) is 0. The van der Waals surface area contributed by atoms with Gasteiger partial charge in [0.1, 0.15) is 0 Å². The molecule has 2 aromatic carbocycles. The van der Waals surface area contributed by atoms with Gasteiger partial charge in [-0.1, -0.05) is 48.5 Å². The van der Waals surface area contributed by atoms with Gasteiger partial charge in [-0.15, -0.1) is 0 Å². The number of carbonyl (C=O) groups is 1. The second-order valence-corrected chi connectivity index (χ2v) is 5.59. The Morgan fingerprint density at radius 2 is 1.74 bits per heavy atom. The molecule has 0 saturated heterocycles. The van der Waals surface area contributed by atoms with Crippen molar-refractivity contribution in [2.24, 2.45) is 5.10 Å². The Kier molecular flexibility index (Phi) is 3.12. The fraction of sp³-hybridized carbons (Fsp3) is 0.111. The van der Waals surface area contributed by atoms with Crippen LogP contribution in [-0.4, -0.2) is 16.7 Å². The maximum Gasteiger partial charge on any atom is 0.254 e. The van der Waals surface area contributed by atoms with E-state index < -0.39 is 6.04 Å². The maximum atomic E-state index is 12.6. The van der Waals surface area contributed by atoms with E-state index in [9.17, 15) is 4.79 Å². The van der Waals surface area contributed by atoms with Crippen molar-refractivity contribution in [3.8, 4) is 0 Å². The zero-order valence-electron chi connectivity index (χ0n) is 12.6. The average molecular weight is 304 g/mol. The molecule has 1 aromatic heterocycles. The van der Waals surface area contributed by atoms with Crippen molar-refractivity contribution >= 4 is 22.6 Å². The van der Waals surface area contributed by atoms with Crippen LogP contribution < -0.4 is 10.7 Å². The average Bonchev–Trinajstić information content (AvgIpc) is 2.91. The lowest BCUT2D eigenvalue weighted by molar-refractivity contribution is -0.122. The Morgan fingerprint density at radius 1 is 1.00 bits per heavy atom. The van der Waals surface area contributed by atoms with Crippen LogP contribution in [-0.2, 0) is 4.79 Å². The summed E-state index contributed by atoms with van der Waals surface area (Å²) in [5.74, 6) is 0.441. The molecule has 0 aliphatic carbocycles. The summed E-state index contributed by atoms with van der Waals surface area (Å²) in [5.41, 5.74) is 6.82.